The lowest BCUT2D eigenvalue weighted by Gasteiger charge is -2.28. The lowest BCUT2D eigenvalue weighted by molar-refractivity contribution is 0.0600. The van der Waals surface area contributed by atoms with Crippen molar-refractivity contribution in [2.45, 2.75) is 12.5 Å². The Labute approximate surface area is 106 Å². The van der Waals surface area contributed by atoms with Crippen molar-refractivity contribution in [3.8, 4) is 5.75 Å². The third kappa shape index (κ3) is 2.25. The fourth-order valence-electron chi connectivity index (χ4n) is 1.91. The predicted octanol–water partition coefficient (Wildman–Crippen LogP) is 1.80. The number of nitrogens with two attached hydrogens (primary N) is 1. The van der Waals surface area contributed by atoms with Crippen LogP contribution in [0.5, 0.6) is 5.75 Å². The highest BCUT2D eigenvalue weighted by Crippen LogP contribution is 2.36. The molecule has 18 heavy (non-hydrogen) atoms. The molecule has 96 valence electrons. The van der Waals surface area contributed by atoms with Gasteiger partial charge in [-0.25, -0.2) is 4.79 Å². The Morgan fingerprint density at radius 3 is 3.17 bits per heavy atom. The summed E-state index contributed by atoms with van der Waals surface area (Å²) in [5.74, 6) is 0.150. The first-order valence-corrected chi connectivity index (χ1v) is 5.67. The highest BCUT2D eigenvalue weighted by molar-refractivity contribution is 5.93. The number of hydrogen-bond acceptors (Lipinski definition) is 5. The number of carbonyl (C=O) groups is 1. The molecule has 1 heterocycles. The summed E-state index contributed by atoms with van der Waals surface area (Å²) in [5.41, 5.74) is 7.50. The third-order valence-corrected chi connectivity index (χ3v) is 2.79. The minimum absolute atomic E-state index is 0.154. The summed E-state index contributed by atoms with van der Waals surface area (Å²) >= 11 is 0. The van der Waals surface area contributed by atoms with Crippen molar-refractivity contribution >= 4 is 17.3 Å². The molecule has 5 nitrogen and oxygen atoms in total. The first-order chi connectivity index (χ1) is 8.65. The van der Waals surface area contributed by atoms with Crippen LogP contribution in [-0.2, 0) is 4.74 Å². The predicted molar refractivity (Wildman–Crippen MR) is 69.9 cm³/mol. The molecule has 0 unspecified atom stereocenters. The fraction of sp³-hybridized carbons (Fsp3) is 0.308. The van der Waals surface area contributed by atoms with Gasteiger partial charge in [0, 0.05) is 0 Å². The average molecular weight is 248 g/mol. The van der Waals surface area contributed by atoms with Gasteiger partial charge in [0.1, 0.15) is 18.0 Å². The zero-order valence-electron chi connectivity index (χ0n) is 10.2. The molecule has 1 aromatic rings. The van der Waals surface area contributed by atoms with Crippen LogP contribution in [0.25, 0.3) is 0 Å². The van der Waals surface area contributed by atoms with Crippen LogP contribution in [0.4, 0.5) is 11.4 Å². The number of nitrogens with one attached hydrogen (secondary N) is 1. The lowest BCUT2D eigenvalue weighted by atomic mass is 10.1. The molecular formula is C13H16N2O3. The first kappa shape index (κ1) is 12.3. The molecule has 0 aliphatic carbocycles. The van der Waals surface area contributed by atoms with Crippen molar-refractivity contribution < 1.29 is 14.3 Å². The molecule has 0 amide bonds. The van der Waals surface area contributed by atoms with E-state index < -0.39 is 5.97 Å². The fourth-order valence-corrected chi connectivity index (χ4v) is 1.91. The van der Waals surface area contributed by atoms with Gasteiger partial charge >= 0.3 is 5.97 Å². The van der Waals surface area contributed by atoms with Gasteiger partial charge in [0.2, 0.25) is 0 Å². The third-order valence-electron chi connectivity index (χ3n) is 2.79. The standard InChI is InChI=1S/C13H16N2O3/c1-3-4-9-7-18-11-6-8(13(16)17-2)5-10(14)12(11)15-9/h3,5-6,9,15H,1,4,7,14H2,2H3/t9-/m0/s1. The highest BCUT2D eigenvalue weighted by atomic mass is 16.5. The van der Waals surface area contributed by atoms with E-state index in [2.05, 4.69) is 16.6 Å². The number of rotatable bonds is 3. The highest BCUT2D eigenvalue weighted by Gasteiger charge is 2.22. The van der Waals surface area contributed by atoms with E-state index in [1.807, 2.05) is 6.08 Å². The number of carbonyl (C=O) groups excluding carboxylic acids is 1. The minimum Gasteiger partial charge on any atom is -0.489 e. The topological polar surface area (TPSA) is 73.6 Å². The number of benzene rings is 1. The van der Waals surface area contributed by atoms with E-state index in [1.54, 1.807) is 12.1 Å². The van der Waals surface area contributed by atoms with Gasteiger partial charge in [-0.2, -0.15) is 0 Å². The molecule has 0 fully saturated rings. The van der Waals surface area contributed by atoms with Crippen LogP contribution in [-0.4, -0.2) is 25.7 Å². The molecule has 2 rings (SSSR count). The largest absolute Gasteiger partial charge is 0.489 e. The van der Waals surface area contributed by atoms with E-state index in [9.17, 15) is 4.79 Å². The molecule has 1 aliphatic heterocycles. The molecule has 0 bridgehead atoms. The molecule has 1 aliphatic rings. The molecule has 3 N–H and O–H groups in total. The van der Waals surface area contributed by atoms with E-state index >= 15 is 0 Å². The number of hydrogen-bond donors (Lipinski definition) is 2. The smallest absolute Gasteiger partial charge is 0.338 e. The Kier molecular flexibility index (Phi) is 3.41. The van der Waals surface area contributed by atoms with E-state index in [1.165, 1.54) is 7.11 Å². The van der Waals surface area contributed by atoms with Crippen molar-refractivity contribution in [2.75, 3.05) is 24.8 Å². The van der Waals surface area contributed by atoms with Gasteiger partial charge in [0.25, 0.3) is 0 Å². The average Bonchev–Trinajstić information content (AvgIpc) is 2.38. The maximum Gasteiger partial charge on any atom is 0.338 e. The molecule has 0 aromatic heterocycles. The summed E-state index contributed by atoms with van der Waals surface area (Å²) in [6.07, 6.45) is 2.61. The monoisotopic (exact) mass is 248 g/mol. The van der Waals surface area contributed by atoms with Gasteiger partial charge < -0.3 is 20.5 Å². The Bertz CT molecular complexity index is 485. The molecule has 0 spiro atoms. The zero-order valence-corrected chi connectivity index (χ0v) is 10.2. The van der Waals surface area contributed by atoms with Crippen LogP contribution in [0.1, 0.15) is 16.8 Å². The number of anilines is 2. The molecule has 0 radical (unpaired) electrons. The van der Waals surface area contributed by atoms with E-state index in [0.717, 1.165) is 12.1 Å². The first-order valence-electron chi connectivity index (χ1n) is 5.67. The minimum atomic E-state index is -0.429. The van der Waals surface area contributed by atoms with Crippen molar-refractivity contribution in [3.05, 3.63) is 30.4 Å². The number of methoxy groups -OCH3 is 1. The molecular weight excluding hydrogens is 232 g/mol. The van der Waals surface area contributed by atoms with Gasteiger partial charge in [0.15, 0.2) is 0 Å². The van der Waals surface area contributed by atoms with Crippen molar-refractivity contribution in [1.82, 2.24) is 0 Å². The Hall–Kier alpha value is -2.17. The number of ether oxygens (including phenoxy) is 2. The number of esters is 1. The summed E-state index contributed by atoms with van der Waals surface area (Å²) in [4.78, 5) is 11.5. The zero-order chi connectivity index (χ0) is 13.1. The number of nitrogen functional groups attached to an aromatic ring is 1. The molecule has 1 atom stereocenters. The quantitative estimate of drug-likeness (QED) is 0.485. The molecule has 1 aromatic carbocycles. The van der Waals surface area contributed by atoms with Gasteiger partial charge in [0.05, 0.1) is 24.4 Å². The normalized spacial score (nSPS) is 17.1. The Morgan fingerprint density at radius 1 is 1.72 bits per heavy atom. The summed E-state index contributed by atoms with van der Waals surface area (Å²) in [6.45, 7) is 4.21. The van der Waals surface area contributed by atoms with Gasteiger partial charge in [-0.3, -0.25) is 0 Å². The second-order valence-corrected chi connectivity index (χ2v) is 4.11. The molecule has 0 saturated heterocycles. The second kappa shape index (κ2) is 5.00. The molecule has 0 saturated carbocycles. The van der Waals surface area contributed by atoms with Crippen molar-refractivity contribution in [1.29, 1.82) is 0 Å². The second-order valence-electron chi connectivity index (χ2n) is 4.11. The molecule has 5 heteroatoms. The van der Waals surface area contributed by atoms with Crippen LogP contribution in [0.15, 0.2) is 24.8 Å². The number of fused-ring (bicyclic) bond motifs is 1. The maximum atomic E-state index is 11.5. The van der Waals surface area contributed by atoms with Crippen LogP contribution in [0, 0.1) is 0 Å². The van der Waals surface area contributed by atoms with Crippen molar-refractivity contribution in [3.63, 3.8) is 0 Å². The van der Waals surface area contributed by atoms with Crippen molar-refractivity contribution in [2.24, 2.45) is 0 Å². The van der Waals surface area contributed by atoms with E-state index in [-0.39, 0.29) is 6.04 Å². The van der Waals surface area contributed by atoms with E-state index in [0.29, 0.717) is 23.6 Å². The Balaban J connectivity index is 2.31. The van der Waals surface area contributed by atoms with Gasteiger partial charge in [-0.1, -0.05) is 6.08 Å². The summed E-state index contributed by atoms with van der Waals surface area (Å²) in [6, 6.07) is 3.37. The van der Waals surface area contributed by atoms with E-state index in [4.69, 9.17) is 10.5 Å². The summed E-state index contributed by atoms with van der Waals surface area (Å²) in [5, 5.41) is 3.28. The van der Waals surface area contributed by atoms with Crippen LogP contribution in [0.3, 0.4) is 0 Å². The van der Waals surface area contributed by atoms with Gasteiger partial charge in [-0.15, -0.1) is 6.58 Å². The van der Waals surface area contributed by atoms with Crippen LogP contribution in [0.2, 0.25) is 0 Å². The summed E-state index contributed by atoms with van der Waals surface area (Å²) in [7, 11) is 1.33. The maximum absolute atomic E-state index is 11.5. The van der Waals surface area contributed by atoms with Crippen LogP contribution < -0.4 is 15.8 Å². The van der Waals surface area contributed by atoms with Crippen LogP contribution >= 0.6 is 0 Å². The Morgan fingerprint density at radius 2 is 2.50 bits per heavy atom. The SMILES string of the molecule is C=CC[C@H]1COc2cc(C(=O)OC)cc(N)c2N1. The van der Waals surface area contributed by atoms with Gasteiger partial charge in [-0.05, 0) is 18.6 Å². The lowest BCUT2D eigenvalue weighted by Crippen LogP contribution is -2.31. The summed E-state index contributed by atoms with van der Waals surface area (Å²) < 4.78 is 10.3.